The van der Waals surface area contributed by atoms with E-state index in [1.807, 2.05) is 30.3 Å². The van der Waals surface area contributed by atoms with Crippen LogP contribution in [0.3, 0.4) is 0 Å². The third-order valence-corrected chi connectivity index (χ3v) is 7.70. The van der Waals surface area contributed by atoms with Gasteiger partial charge in [-0.25, -0.2) is 14.8 Å². The van der Waals surface area contributed by atoms with E-state index in [1.165, 1.54) is 23.4 Å². The number of nitrogens with zero attached hydrogens (tertiary/aromatic N) is 5. The molecule has 5 rings (SSSR count). The molecule has 196 valence electrons. The lowest BCUT2D eigenvalue weighted by molar-refractivity contribution is -0.157. The average Bonchev–Trinajstić information content (AvgIpc) is 3.45. The molecule has 2 atom stereocenters. The molecular weight excluding hydrogens is 504 g/mol. The third-order valence-electron chi connectivity index (χ3n) is 6.86. The average molecular weight is 533 g/mol. The van der Waals surface area contributed by atoms with Crippen molar-refractivity contribution in [2.24, 2.45) is 0 Å². The van der Waals surface area contributed by atoms with Crippen molar-refractivity contribution in [2.45, 2.75) is 25.2 Å². The number of thiazole rings is 1. The van der Waals surface area contributed by atoms with Gasteiger partial charge in [0.2, 0.25) is 11.8 Å². The zero-order chi connectivity index (χ0) is 27.0. The number of terminal acetylenes is 1. The first-order valence-electron chi connectivity index (χ1n) is 12.1. The second-order valence-corrected chi connectivity index (χ2v) is 10.3. The summed E-state index contributed by atoms with van der Waals surface area (Å²) < 4.78 is 0.932. The number of fused-ring (bicyclic) bond motifs is 2. The van der Waals surface area contributed by atoms with Crippen molar-refractivity contribution in [1.82, 2.24) is 30.1 Å². The Morgan fingerprint density at radius 3 is 2.71 bits per heavy atom. The highest BCUT2D eigenvalue weighted by Crippen LogP contribution is 2.32. The van der Waals surface area contributed by atoms with Gasteiger partial charge in [0.05, 0.1) is 29.9 Å². The lowest BCUT2D eigenvalue weighted by Gasteiger charge is -2.46. The smallest absolute Gasteiger partial charge is 0.332 e. The van der Waals surface area contributed by atoms with Gasteiger partial charge in [-0.15, -0.1) is 6.42 Å². The van der Waals surface area contributed by atoms with Gasteiger partial charge < -0.3 is 26.6 Å². The number of piperazine rings is 1. The van der Waals surface area contributed by atoms with E-state index in [4.69, 9.17) is 17.9 Å². The van der Waals surface area contributed by atoms with E-state index < -0.39 is 18.2 Å². The summed E-state index contributed by atoms with van der Waals surface area (Å²) in [5, 5.41) is 6.03. The number of amides is 4. The second kappa shape index (κ2) is 10.2. The summed E-state index contributed by atoms with van der Waals surface area (Å²) in [6.07, 6.45) is 5.27. The van der Waals surface area contributed by atoms with Crippen LogP contribution in [-0.2, 0) is 22.6 Å². The van der Waals surface area contributed by atoms with Gasteiger partial charge in [-0.05, 0) is 29.3 Å². The van der Waals surface area contributed by atoms with E-state index in [0.717, 1.165) is 21.3 Å². The number of nitrogen functional groups attached to an aromatic ring is 2. The first kappa shape index (κ1) is 25.3. The molecule has 38 heavy (non-hydrogen) atoms. The number of rotatable bonds is 6. The van der Waals surface area contributed by atoms with Crippen molar-refractivity contribution in [3.8, 4) is 12.3 Å². The molecule has 2 fully saturated rings. The van der Waals surface area contributed by atoms with Crippen LogP contribution in [0.15, 0.2) is 42.5 Å². The van der Waals surface area contributed by atoms with Gasteiger partial charge in [-0.2, -0.15) is 5.01 Å². The number of hydrazine groups is 1. The molecule has 3 aromatic rings. The molecule has 0 saturated carbocycles. The van der Waals surface area contributed by atoms with Crippen molar-refractivity contribution in [1.29, 1.82) is 0 Å². The number of urea groups is 1. The number of nitrogens with one attached hydrogen (secondary N) is 1. The molecule has 2 aliphatic heterocycles. The maximum atomic E-state index is 13.9. The number of benzene rings is 2. The zero-order valence-electron chi connectivity index (χ0n) is 20.8. The third kappa shape index (κ3) is 4.57. The van der Waals surface area contributed by atoms with E-state index in [9.17, 15) is 14.4 Å². The zero-order valence-corrected chi connectivity index (χ0v) is 21.6. The Labute approximate surface area is 223 Å². The summed E-state index contributed by atoms with van der Waals surface area (Å²) in [5.74, 6) is 2.06. The van der Waals surface area contributed by atoms with Gasteiger partial charge in [-0.3, -0.25) is 9.59 Å². The van der Waals surface area contributed by atoms with Crippen molar-refractivity contribution in [3.05, 3.63) is 53.6 Å². The van der Waals surface area contributed by atoms with E-state index in [0.29, 0.717) is 17.2 Å². The van der Waals surface area contributed by atoms with Crippen molar-refractivity contribution < 1.29 is 14.4 Å². The molecule has 0 radical (unpaired) electrons. The van der Waals surface area contributed by atoms with Crippen LogP contribution in [0.5, 0.6) is 0 Å². The van der Waals surface area contributed by atoms with E-state index in [-0.39, 0.29) is 38.0 Å². The van der Waals surface area contributed by atoms with Crippen LogP contribution in [0, 0.1) is 12.3 Å². The molecule has 0 unspecified atom stereocenters. The van der Waals surface area contributed by atoms with Crippen molar-refractivity contribution >= 4 is 50.2 Å². The first-order chi connectivity index (χ1) is 18.3. The molecule has 1 aromatic heterocycles. The topological polar surface area (TPSA) is 141 Å². The molecule has 2 aliphatic rings. The number of hydrogen-bond donors (Lipinski definition) is 3. The Bertz CT molecular complexity index is 1430. The Balaban J connectivity index is 1.52. The maximum absolute atomic E-state index is 13.9. The number of carbonyl (C=O) groups is 3. The van der Waals surface area contributed by atoms with Crippen LogP contribution in [0.4, 0.5) is 15.6 Å². The Morgan fingerprint density at radius 2 is 2.00 bits per heavy atom. The van der Waals surface area contributed by atoms with Crippen molar-refractivity contribution in [2.75, 3.05) is 38.1 Å². The van der Waals surface area contributed by atoms with Gasteiger partial charge >= 0.3 is 6.03 Å². The van der Waals surface area contributed by atoms with Gasteiger partial charge in [0.15, 0.2) is 5.13 Å². The fourth-order valence-corrected chi connectivity index (χ4v) is 5.90. The van der Waals surface area contributed by atoms with Crippen LogP contribution < -0.4 is 16.8 Å². The highest BCUT2D eigenvalue weighted by Gasteiger charge is 2.52. The Morgan fingerprint density at radius 1 is 1.24 bits per heavy atom. The van der Waals surface area contributed by atoms with Gasteiger partial charge in [0.1, 0.15) is 12.2 Å². The highest BCUT2D eigenvalue weighted by molar-refractivity contribution is 7.22. The number of nitrogens with two attached hydrogens (primary N) is 2. The molecule has 4 amide bonds. The van der Waals surface area contributed by atoms with E-state index in [2.05, 4.69) is 16.2 Å². The molecule has 0 bridgehead atoms. The lowest BCUT2D eigenvalue weighted by atomic mass is 9.99. The standard InChI is InChI=1S/C26H28N8O3S/c1-3-11-32(26(37)29-2)33-15-22(35)34-19(12-16-7-9-18(27)10-8-16)24(36)31(14-21(33)34)13-17-5-4-6-20-23(17)30-25(28)38-20/h1,4-10,19,21H,11-15,27H2,2H3,(H2,28,30)(H,29,37)/t19-,21+/m0/s1. The van der Waals surface area contributed by atoms with Crippen LogP contribution in [0.1, 0.15) is 11.1 Å². The van der Waals surface area contributed by atoms with Crippen molar-refractivity contribution in [3.63, 3.8) is 0 Å². The fourth-order valence-electron chi connectivity index (χ4n) is 5.12. The van der Waals surface area contributed by atoms with Gasteiger partial charge in [-0.1, -0.05) is 41.5 Å². The molecule has 0 spiro atoms. The molecule has 3 heterocycles. The minimum atomic E-state index is -0.771. The van der Waals surface area contributed by atoms with Crippen LogP contribution in [0.2, 0.25) is 0 Å². The van der Waals surface area contributed by atoms with Crippen LogP contribution >= 0.6 is 11.3 Å². The maximum Gasteiger partial charge on any atom is 0.332 e. The van der Waals surface area contributed by atoms with E-state index in [1.54, 1.807) is 26.9 Å². The number of para-hydroxylation sites is 1. The van der Waals surface area contributed by atoms with E-state index >= 15 is 0 Å². The van der Waals surface area contributed by atoms with Gasteiger partial charge in [0.25, 0.3) is 0 Å². The van der Waals surface area contributed by atoms with Crippen LogP contribution in [0.25, 0.3) is 10.2 Å². The number of aromatic nitrogens is 1. The summed E-state index contributed by atoms with van der Waals surface area (Å²) in [6.45, 7) is 0.374. The second-order valence-electron chi connectivity index (χ2n) is 9.19. The summed E-state index contributed by atoms with van der Waals surface area (Å²) >= 11 is 1.39. The monoisotopic (exact) mass is 532 g/mol. The lowest BCUT2D eigenvalue weighted by Crippen LogP contribution is -2.66. The first-order valence-corrected chi connectivity index (χ1v) is 12.9. The summed E-state index contributed by atoms with van der Waals surface area (Å²) in [7, 11) is 1.50. The number of hydrogen-bond acceptors (Lipinski definition) is 8. The van der Waals surface area contributed by atoms with Crippen LogP contribution in [-0.4, -0.2) is 81.5 Å². The Hall–Kier alpha value is -4.34. The summed E-state index contributed by atoms with van der Waals surface area (Å²) in [4.78, 5) is 47.8. The molecule has 0 aliphatic carbocycles. The quantitative estimate of drug-likeness (QED) is 0.319. The predicted molar refractivity (Wildman–Crippen MR) is 145 cm³/mol. The molecule has 5 N–H and O–H groups in total. The molecule has 2 saturated heterocycles. The minimum Gasteiger partial charge on any atom is -0.399 e. The number of anilines is 2. The summed E-state index contributed by atoms with van der Waals surface area (Å²) in [5.41, 5.74) is 14.9. The van der Waals surface area contributed by atoms with Gasteiger partial charge in [0, 0.05) is 25.7 Å². The molecule has 11 nitrogen and oxygen atoms in total. The highest BCUT2D eigenvalue weighted by atomic mass is 32.1. The SMILES string of the molecule is C#CCN(C(=O)NC)N1CC(=O)N2[C@@H](Cc3ccc(N)cc3)C(=O)N(Cc3cccc4sc(N)nc34)C[C@@H]21. The molecule has 2 aromatic carbocycles. The number of carbonyl (C=O) groups excluding carboxylic acids is 3. The Kier molecular flexibility index (Phi) is 6.79. The largest absolute Gasteiger partial charge is 0.399 e. The molecule has 12 heteroatoms. The summed E-state index contributed by atoms with van der Waals surface area (Å²) in [6, 6.07) is 11.8. The molecular formula is C26H28N8O3S. The minimum absolute atomic E-state index is 0.0225. The normalized spacial score (nSPS) is 19.5. The fraction of sp³-hybridized carbons (Fsp3) is 0.308. The predicted octanol–water partition coefficient (Wildman–Crippen LogP) is 1.07.